The van der Waals surface area contributed by atoms with Crippen LogP contribution in [-0.4, -0.2) is 48.0 Å². The van der Waals surface area contributed by atoms with Crippen molar-refractivity contribution in [3.8, 4) is 0 Å². The number of hydrogen-bond acceptors (Lipinski definition) is 5. The minimum Gasteiger partial charge on any atom is -0.317 e. The highest BCUT2D eigenvalue weighted by atomic mass is 32.1. The van der Waals surface area contributed by atoms with E-state index in [1.807, 2.05) is 5.38 Å². The van der Waals surface area contributed by atoms with Gasteiger partial charge in [0.2, 0.25) is 5.91 Å². The summed E-state index contributed by atoms with van der Waals surface area (Å²) in [4.78, 5) is 18.2. The molecule has 6 heteroatoms. The van der Waals surface area contributed by atoms with Crippen LogP contribution in [0.15, 0.2) is 11.6 Å². The van der Waals surface area contributed by atoms with E-state index in [9.17, 15) is 4.79 Å². The molecule has 1 aromatic rings. The van der Waals surface area contributed by atoms with E-state index in [2.05, 4.69) is 27.4 Å². The maximum absolute atomic E-state index is 11.9. The molecule has 2 heterocycles. The third-order valence-corrected chi connectivity index (χ3v) is 3.95. The van der Waals surface area contributed by atoms with Crippen LogP contribution in [0.5, 0.6) is 0 Å². The van der Waals surface area contributed by atoms with Gasteiger partial charge in [-0.3, -0.25) is 9.69 Å². The maximum atomic E-state index is 11.9. The van der Waals surface area contributed by atoms with Gasteiger partial charge in [0.1, 0.15) is 0 Å². The Bertz CT molecular complexity index is 362. The molecular weight excluding hydrogens is 248 g/mol. The minimum absolute atomic E-state index is 0.0327. The van der Waals surface area contributed by atoms with E-state index in [4.69, 9.17) is 0 Å². The van der Waals surface area contributed by atoms with Crippen LogP contribution in [0.2, 0.25) is 0 Å². The predicted octanol–water partition coefficient (Wildman–Crippen LogP) is 1.16. The van der Waals surface area contributed by atoms with E-state index in [1.165, 1.54) is 11.3 Å². The Kier molecular flexibility index (Phi) is 5.10. The number of likely N-dealkylation sites (N-methyl/N-ethyl adjacent to an activating group) is 1. The zero-order valence-electron chi connectivity index (χ0n) is 10.7. The van der Waals surface area contributed by atoms with Crippen LogP contribution in [0.1, 0.15) is 19.8 Å². The maximum Gasteiger partial charge on any atom is 0.240 e. The summed E-state index contributed by atoms with van der Waals surface area (Å²) in [5.41, 5.74) is 0. The number of thiazole rings is 1. The molecule has 5 nitrogen and oxygen atoms in total. The van der Waals surface area contributed by atoms with Gasteiger partial charge < -0.3 is 10.6 Å². The summed E-state index contributed by atoms with van der Waals surface area (Å²) in [5, 5.41) is 8.73. The fourth-order valence-electron chi connectivity index (χ4n) is 2.30. The van der Waals surface area contributed by atoms with Gasteiger partial charge in [-0.25, -0.2) is 4.98 Å². The van der Waals surface area contributed by atoms with Crippen LogP contribution >= 0.6 is 11.3 Å². The van der Waals surface area contributed by atoms with Crippen molar-refractivity contribution in [3.63, 3.8) is 0 Å². The van der Waals surface area contributed by atoms with Gasteiger partial charge in [0.25, 0.3) is 0 Å². The van der Waals surface area contributed by atoms with Crippen LogP contribution in [-0.2, 0) is 4.79 Å². The minimum atomic E-state index is 0.0327. The Labute approximate surface area is 112 Å². The van der Waals surface area contributed by atoms with Gasteiger partial charge in [-0.05, 0) is 32.5 Å². The zero-order valence-corrected chi connectivity index (χ0v) is 11.5. The molecule has 0 aromatic carbocycles. The highest BCUT2D eigenvalue weighted by Gasteiger charge is 2.21. The lowest BCUT2D eigenvalue weighted by molar-refractivity contribution is -0.118. The standard InChI is InChI=1S/C12H20N4OS/c1-2-16(10-3-5-13-6-4-10)9-11(17)15-12-14-7-8-18-12/h7-8,10,13H,2-6,9H2,1H3,(H,14,15,17). The van der Waals surface area contributed by atoms with E-state index in [1.54, 1.807) is 6.20 Å². The van der Waals surface area contributed by atoms with E-state index >= 15 is 0 Å². The first-order valence-corrected chi connectivity index (χ1v) is 7.31. The number of aromatic nitrogens is 1. The zero-order chi connectivity index (χ0) is 12.8. The second-order valence-electron chi connectivity index (χ2n) is 4.43. The van der Waals surface area contributed by atoms with Gasteiger partial charge in [0.05, 0.1) is 6.54 Å². The highest BCUT2D eigenvalue weighted by molar-refractivity contribution is 7.13. The third-order valence-electron chi connectivity index (χ3n) is 3.26. The molecule has 0 atom stereocenters. The molecule has 2 N–H and O–H groups in total. The van der Waals surface area contributed by atoms with Gasteiger partial charge in [0.15, 0.2) is 5.13 Å². The van der Waals surface area contributed by atoms with Crippen LogP contribution in [0.25, 0.3) is 0 Å². The predicted molar refractivity (Wildman–Crippen MR) is 73.9 cm³/mol. The molecule has 1 amide bonds. The number of carbonyl (C=O) groups excluding carboxylic acids is 1. The fourth-order valence-corrected chi connectivity index (χ4v) is 2.84. The largest absolute Gasteiger partial charge is 0.317 e. The molecule has 1 aromatic heterocycles. The third kappa shape index (κ3) is 3.76. The molecule has 1 aliphatic rings. The summed E-state index contributed by atoms with van der Waals surface area (Å²) < 4.78 is 0. The lowest BCUT2D eigenvalue weighted by Gasteiger charge is -2.33. The molecule has 2 rings (SSSR count). The Morgan fingerprint density at radius 2 is 2.39 bits per heavy atom. The molecule has 0 spiro atoms. The van der Waals surface area contributed by atoms with Crippen LogP contribution in [0.3, 0.4) is 0 Å². The SMILES string of the molecule is CCN(CC(=O)Nc1nccs1)C1CCNCC1. The Balaban J connectivity index is 1.83. The summed E-state index contributed by atoms with van der Waals surface area (Å²) >= 11 is 1.45. The normalized spacial score (nSPS) is 17.0. The topological polar surface area (TPSA) is 57.3 Å². The van der Waals surface area contributed by atoms with Crippen molar-refractivity contribution in [1.82, 2.24) is 15.2 Å². The lowest BCUT2D eigenvalue weighted by atomic mass is 10.0. The van der Waals surface area contributed by atoms with Crippen LogP contribution in [0, 0.1) is 0 Å². The molecule has 0 saturated carbocycles. The van der Waals surface area contributed by atoms with Crippen molar-refractivity contribution < 1.29 is 4.79 Å². The quantitative estimate of drug-likeness (QED) is 0.841. The van der Waals surface area contributed by atoms with Gasteiger partial charge in [-0.1, -0.05) is 6.92 Å². The monoisotopic (exact) mass is 268 g/mol. The average molecular weight is 268 g/mol. The van der Waals surface area contributed by atoms with Crippen molar-refractivity contribution in [2.45, 2.75) is 25.8 Å². The van der Waals surface area contributed by atoms with E-state index in [0.29, 0.717) is 17.7 Å². The van der Waals surface area contributed by atoms with Gasteiger partial charge >= 0.3 is 0 Å². The van der Waals surface area contributed by atoms with Gasteiger partial charge in [-0.15, -0.1) is 11.3 Å². The van der Waals surface area contributed by atoms with Crippen molar-refractivity contribution in [2.24, 2.45) is 0 Å². The summed E-state index contributed by atoms with van der Waals surface area (Å²) in [6, 6.07) is 0.526. The van der Waals surface area contributed by atoms with Gasteiger partial charge in [0, 0.05) is 17.6 Å². The highest BCUT2D eigenvalue weighted by Crippen LogP contribution is 2.13. The fraction of sp³-hybridized carbons (Fsp3) is 0.667. The second-order valence-corrected chi connectivity index (χ2v) is 5.32. The number of rotatable bonds is 5. The first-order valence-electron chi connectivity index (χ1n) is 6.43. The summed E-state index contributed by atoms with van der Waals surface area (Å²) in [7, 11) is 0. The van der Waals surface area contributed by atoms with Crippen molar-refractivity contribution in [1.29, 1.82) is 0 Å². The Morgan fingerprint density at radius 3 is 3.00 bits per heavy atom. The molecule has 1 fully saturated rings. The molecule has 18 heavy (non-hydrogen) atoms. The molecule has 100 valence electrons. The summed E-state index contributed by atoms with van der Waals surface area (Å²) in [6.45, 7) is 5.58. The number of amides is 1. The van der Waals surface area contributed by atoms with Crippen molar-refractivity contribution >= 4 is 22.4 Å². The number of nitrogens with zero attached hydrogens (tertiary/aromatic N) is 2. The first-order chi connectivity index (χ1) is 8.79. The molecule has 0 unspecified atom stereocenters. The molecule has 0 bridgehead atoms. The Morgan fingerprint density at radius 1 is 1.61 bits per heavy atom. The molecule has 0 radical (unpaired) electrons. The molecular formula is C12H20N4OS. The number of hydrogen-bond donors (Lipinski definition) is 2. The van der Waals surface area contributed by atoms with E-state index in [-0.39, 0.29) is 5.91 Å². The number of anilines is 1. The first kappa shape index (κ1) is 13.5. The van der Waals surface area contributed by atoms with Crippen molar-refractivity contribution in [2.75, 3.05) is 31.5 Å². The van der Waals surface area contributed by atoms with Gasteiger partial charge in [-0.2, -0.15) is 0 Å². The number of nitrogens with one attached hydrogen (secondary N) is 2. The number of piperidine rings is 1. The van der Waals surface area contributed by atoms with Crippen molar-refractivity contribution in [3.05, 3.63) is 11.6 Å². The average Bonchev–Trinajstić information content (AvgIpc) is 2.90. The summed E-state index contributed by atoms with van der Waals surface area (Å²) in [5.74, 6) is 0.0327. The van der Waals surface area contributed by atoms with E-state index in [0.717, 1.165) is 32.5 Å². The van der Waals surface area contributed by atoms with Crippen LogP contribution < -0.4 is 10.6 Å². The molecule has 1 aliphatic heterocycles. The molecule has 0 aliphatic carbocycles. The van der Waals surface area contributed by atoms with E-state index < -0.39 is 0 Å². The number of carbonyl (C=O) groups is 1. The Hall–Kier alpha value is -0.980. The molecule has 1 saturated heterocycles. The summed E-state index contributed by atoms with van der Waals surface area (Å²) in [6.07, 6.45) is 3.95. The van der Waals surface area contributed by atoms with Crippen LogP contribution in [0.4, 0.5) is 5.13 Å². The second kappa shape index (κ2) is 6.82. The lowest BCUT2D eigenvalue weighted by Crippen LogP contribution is -2.46. The smallest absolute Gasteiger partial charge is 0.240 e.